The van der Waals surface area contributed by atoms with Gasteiger partial charge in [0.1, 0.15) is 17.5 Å². The molecule has 2 N–H and O–H groups in total. The van der Waals surface area contributed by atoms with E-state index in [1.165, 1.54) is 7.11 Å². The Balaban J connectivity index is 1.81. The highest BCUT2D eigenvalue weighted by molar-refractivity contribution is 9.10. The zero-order valence-corrected chi connectivity index (χ0v) is 18.4. The number of nitrogens with one attached hydrogen (secondary N) is 2. The van der Waals surface area contributed by atoms with Gasteiger partial charge in [0.15, 0.2) is 17.4 Å². The molecule has 0 aliphatic heterocycles. The second-order valence-electron chi connectivity index (χ2n) is 6.56. The van der Waals surface area contributed by atoms with Crippen molar-refractivity contribution in [1.29, 1.82) is 5.26 Å². The second kappa shape index (κ2) is 8.45. The van der Waals surface area contributed by atoms with E-state index in [2.05, 4.69) is 52.6 Å². The van der Waals surface area contributed by atoms with Crippen LogP contribution in [-0.2, 0) is 7.05 Å². The van der Waals surface area contributed by atoms with E-state index in [-0.39, 0.29) is 6.01 Å². The molecule has 11 heteroatoms. The van der Waals surface area contributed by atoms with Crippen LogP contribution < -0.4 is 14.8 Å². The molecule has 0 aliphatic rings. The first-order valence-electron chi connectivity index (χ1n) is 9.08. The number of halogens is 1. The van der Waals surface area contributed by atoms with Crippen molar-refractivity contribution in [2.45, 2.75) is 6.92 Å². The van der Waals surface area contributed by atoms with E-state index in [0.717, 1.165) is 11.3 Å². The number of hydrogen-bond acceptors (Lipinski definition) is 8. The number of benzene rings is 1. The van der Waals surface area contributed by atoms with E-state index >= 15 is 0 Å². The van der Waals surface area contributed by atoms with Gasteiger partial charge in [0, 0.05) is 35.0 Å². The van der Waals surface area contributed by atoms with Crippen molar-refractivity contribution in [3.63, 3.8) is 0 Å². The van der Waals surface area contributed by atoms with Gasteiger partial charge in [0.05, 0.1) is 18.9 Å². The Hall–Kier alpha value is -3.91. The smallest absolute Gasteiger partial charge is 0.324 e. The van der Waals surface area contributed by atoms with Crippen LogP contribution in [0, 0.1) is 18.3 Å². The summed E-state index contributed by atoms with van der Waals surface area (Å²) < 4.78 is 13.8. The van der Waals surface area contributed by atoms with Gasteiger partial charge in [-0.1, -0.05) is 0 Å². The Morgan fingerprint density at radius 3 is 2.74 bits per heavy atom. The Bertz CT molecular complexity index is 1290. The monoisotopic (exact) mass is 480 g/mol. The van der Waals surface area contributed by atoms with Gasteiger partial charge in [-0.3, -0.25) is 9.78 Å². The Morgan fingerprint density at radius 2 is 2.10 bits per heavy atom. The first-order chi connectivity index (χ1) is 15.0. The summed E-state index contributed by atoms with van der Waals surface area (Å²) >= 11 is 3.34. The predicted octanol–water partition coefficient (Wildman–Crippen LogP) is 4.09. The zero-order chi connectivity index (χ0) is 22.0. The number of hydrogen-bond donors (Lipinski definition) is 2. The molecule has 0 spiro atoms. The van der Waals surface area contributed by atoms with Gasteiger partial charge in [-0.05, 0) is 41.1 Å². The third-order valence-corrected chi connectivity index (χ3v) is 4.94. The summed E-state index contributed by atoms with van der Waals surface area (Å²) in [5.74, 6) is 1.77. The van der Waals surface area contributed by atoms with Crippen molar-refractivity contribution < 1.29 is 9.47 Å². The highest BCUT2D eigenvalue weighted by atomic mass is 79.9. The number of rotatable bonds is 6. The maximum absolute atomic E-state index is 9.27. The largest absolute Gasteiger partial charge is 0.491 e. The summed E-state index contributed by atoms with van der Waals surface area (Å²) in [7, 11) is 3.35. The third-order valence-electron chi connectivity index (χ3n) is 4.25. The zero-order valence-electron chi connectivity index (χ0n) is 16.8. The SMILES string of the molecule is COc1c(Nc2cc(C)[nH]n2)nc(Oc2ccc(Br)c(C#N)c2)nc1-c1cnn(C)c1. The molecule has 10 nitrogen and oxygen atoms in total. The molecule has 31 heavy (non-hydrogen) atoms. The first-order valence-corrected chi connectivity index (χ1v) is 9.87. The summed E-state index contributed by atoms with van der Waals surface area (Å²) in [6.07, 6.45) is 3.48. The lowest BCUT2D eigenvalue weighted by Crippen LogP contribution is -2.04. The summed E-state index contributed by atoms with van der Waals surface area (Å²) in [5, 5.41) is 23.7. The van der Waals surface area contributed by atoms with Crippen molar-refractivity contribution in [2.24, 2.45) is 7.05 Å². The van der Waals surface area contributed by atoms with E-state index in [4.69, 9.17) is 9.47 Å². The molecular weight excluding hydrogens is 464 g/mol. The van der Waals surface area contributed by atoms with E-state index < -0.39 is 0 Å². The minimum atomic E-state index is 0.0700. The molecule has 3 aromatic heterocycles. The fraction of sp³-hybridized carbons (Fsp3) is 0.150. The molecule has 0 radical (unpaired) electrons. The van der Waals surface area contributed by atoms with Crippen LogP contribution in [0.15, 0.2) is 41.1 Å². The van der Waals surface area contributed by atoms with Gasteiger partial charge in [-0.25, -0.2) is 0 Å². The van der Waals surface area contributed by atoms with Crippen molar-refractivity contribution in [2.75, 3.05) is 12.4 Å². The maximum Gasteiger partial charge on any atom is 0.324 e. The molecule has 0 saturated carbocycles. The summed E-state index contributed by atoms with van der Waals surface area (Å²) in [4.78, 5) is 9.00. The highest BCUT2D eigenvalue weighted by Crippen LogP contribution is 2.37. The molecule has 0 atom stereocenters. The number of aromatic nitrogens is 6. The minimum absolute atomic E-state index is 0.0700. The van der Waals surface area contributed by atoms with E-state index in [1.807, 2.05) is 26.2 Å². The molecular formula is C20H17BrN8O2. The van der Waals surface area contributed by atoms with E-state index in [1.54, 1.807) is 29.1 Å². The minimum Gasteiger partial charge on any atom is -0.491 e. The van der Waals surface area contributed by atoms with Crippen LogP contribution in [0.2, 0.25) is 0 Å². The van der Waals surface area contributed by atoms with Crippen LogP contribution in [0.3, 0.4) is 0 Å². The van der Waals surface area contributed by atoms with Crippen molar-refractivity contribution in [3.8, 4) is 34.8 Å². The predicted molar refractivity (Wildman–Crippen MR) is 116 cm³/mol. The van der Waals surface area contributed by atoms with Gasteiger partial charge in [-0.15, -0.1) is 0 Å². The average Bonchev–Trinajstić information content (AvgIpc) is 3.37. The lowest BCUT2D eigenvalue weighted by atomic mass is 10.2. The van der Waals surface area contributed by atoms with Gasteiger partial charge >= 0.3 is 6.01 Å². The number of nitrogens with zero attached hydrogens (tertiary/aromatic N) is 6. The Morgan fingerprint density at radius 1 is 1.26 bits per heavy atom. The molecule has 4 rings (SSSR count). The molecule has 1 aromatic carbocycles. The molecule has 0 aliphatic carbocycles. The lowest BCUT2D eigenvalue weighted by Gasteiger charge is -2.14. The standard InChI is InChI=1S/C20H17BrN8O2/c1-11-6-16(28-27-11)24-19-18(30-3)17(13-9-23-29(2)10-13)25-20(26-19)31-14-4-5-15(21)12(7-14)8-22/h4-7,9-10H,1-3H3,(H2,24,25,26,27,28). The van der Waals surface area contributed by atoms with Gasteiger partial charge < -0.3 is 14.8 Å². The molecule has 0 amide bonds. The number of H-pyrrole nitrogens is 1. The van der Waals surface area contributed by atoms with Gasteiger partial charge in [-0.2, -0.15) is 25.4 Å². The number of nitriles is 1. The summed E-state index contributed by atoms with van der Waals surface area (Å²) in [5.41, 5.74) is 2.54. The Kier molecular flexibility index (Phi) is 5.55. The number of aryl methyl sites for hydroxylation is 2. The van der Waals surface area contributed by atoms with Crippen molar-refractivity contribution in [3.05, 3.63) is 52.4 Å². The fourth-order valence-electron chi connectivity index (χ4n) is 2.86. The fourth-order valence-corrected chi connectivity index (χ4v) is 3.19. The van der Waals surface area contributed by atoms with Gasteiger partial charge in [0.2, 0.25) is 0 Å². The van der Waals surface area contributed by atoms with Crippen LogP contribution in [0.25, 0.3) is 11.3 Å². The topological polar surface area (TPSA) is 127 Å². The average molecular weight is 481 g/mol. The molecule has 0 fully saturated rings. The number of aromatic amines is 1. The Labute approximate surface area is 186 Å². The van der Waals surface area contributed by atoms with E-state index in [9.17, 15) is 5.26 Å². The van der Waals surface area contributed by atoms with Crippen LogP contribution >= 0.6 is 15.9 Å². The van der Waals surface area contributed by atoms with Crippen LogP contribution in [0.5, 0.6) is 17.5 Å². The molecule has 156 valence electrons. The summed E-state index contributed by atoms with van der Waals surface area (Å²) in [6.45, 7) is 1.89. The van der Waals surface area contributed by atoms with Crippen LogP contribution in [0.4, 0.5) is 11.6 Å². The molecule has 0 bridgehead atoms. The van der Waals surface area contributed by atoms with Gasteiger partial charge in [0.25, 0.3) is 0 Å². The molecule has 0 unspecified atom stereocenters. The molecule has 0 saturated heterocycles. The number of anilines is 2. The molecule has 4 aromatic rings. The maximum atomic E-state index is 9.27. The van der Waals surface area contributed by atoms with Crippen LogP contribution in [0.1, 0.15) is 11.3 Å². The third kappa shape index (κ3) is 4.34. The lowest BCUT2D eigenvalue weighted by molar-refractivity contribution is 0.404. The summed E-state index contributed by atoms with van der Waals surface area (Å²) in [6, 6.07) is 9.05. The highest BCUT2D eigenvalue weighted by Gasteiger charge is 2.20. The molecule has 3 heterocycles. The van der Waals surface area contributed by atoms with Crippen molar-refractivity contribution in [1.82, 2.24) is 29.9 Å². The first kappa shape index (κ1) is 20.4. The number of methoxy groups -OCH3 is 1. The quantitative estimate of drug-likeness (QED) is 0.422. The van der Waals surface area contributed by atoms with Crippen LogP contribution in [-0.4, -0.2) is 37.1 Å². The van der Waals surface area contributed by atoms with Crippen molar-refractivity contribution >= 4 is 27.6 Å². The second-order valence-corrected chi connectivity index (χ2v) is 7.41. The number of ether oxygens (including phenoxy) is 2. The normalized spacial score (nSPS) is 10.5. The van der Waals surface area contributed by atoms with E-state index in [0.29, 0.717) is 38.9 Å².